The molecule has 1 amide bonds. The first-order valence-electron chi connectivity index (χ1n) is 11.3. The zero-order chi connectivity index (χ0) is 24.1. The van der Waals surface area contributed by atoms with E-state index < -0.39 is 17.7 Å². The van der Waals surface area contributed by atoms with Crippen LogP contribution in [0.15, 0.2) is 84.4 Å². The standard InChI is InChI=1S/C28H27NO5/c1-3-33-22-15-13-20(14-16-22)25-24(26(30)21-11-8-12-23(17-21)34-4-2)27(31)28(32)29(25)18-19-9-6-5-7-10-19/h5-17,25,30H,3-4,18H2,1-2H3. The van der Waals surface area contributed by atoms with Gasteiger partial charge in [-0.25, -0.2) is 0 Å². The molecule has 1 heterocycles. The molecule has 1 fully saturated rings. The van der Waals surface area contributed by atoms with Crippen LogP contribution < -0.4 is 9.47 Å². The number of carbonyl (C=O) groups excluding carboxylic acids is 2. The fourth-order valence-electron chi connectivity index (χ4n) is 4.14. The van der Waals surface area contributed by atoms with E-state index in [4.69, 9.17) is 9.47 Å². The molecule has 0 aliphatic carbocycles. The third-order valence-corrected chi connectivity index (χ3v) is 5.66. The van der Waals surface area contributed by atoms with Crippen LogP contribution in [0.3, 0.4) is 0 Å². The maximum atomic E-state index is 13.2. The van der Waals surface area contributed by atoms with Gasteiger partial charge in [0.2, 0.25) is 0 Å². The fourth-order valence-corrected chi connectivity index (χ4v) is 4.14. The van der Waals surface area contributed by atoms with Gasteiger partial charge in [0.05, 0.1) is 24.8 Å². The Bertz CT molecular complexity index is 1200. The molecule has 0 bridgehead atoms. The second-order valence-electron chi connectivity index (χ2n) is 7.88. The number of nitrogens with zero attached hydrogens (tertiary/aromatic N) is 1. The van der Waals surface area contributed by atoms with Gasteiger partial charge in [0.15, 0.2) is 0 Å². The van der Waals surface area contributed by atoms with Gasteiger partial charge in [-0.05, 0) is 49.2 Å². The van der Waals surface area contributed by atoms with Gasteiger partial charge in [0, 0.05) is 12.1 Å². The van der Waals surface area contributed by atoms with Crippen molar-refractivity contribution in [3.8, 4) is 11.5 Å². The average Bonchev–Trinajstić information content (AvgIpc) is 3.10. The van der Waals surface area contributed by atoms with Gasteiger partial charge in [-0.15, -0.1) is 0 Å². The Labute approximate surface area is 199 Å². The van der Waals surface area contributed by atoms with E-state index in [0.717, 1.165) is 5.56 Å². The summed E-state index contributed by atoms with van der Waals surface area (Å²) >= 11 is 0. The van der Waals surface area contributed by atoms with E-state index in [1.807, 2.05) is 56.3 Å². The van der Waals surface area contributed by atoms with E-state index in [1.165, 1.54) is 4.90 Å². The molecule has 1 aliphatic rings. The summed E-state index contributed by atoms with van der Waals surface area (Å²) in [5.41, 5.74) is 2.07. The Hall–Kier alpha value is -4.06. The van der Waals surface area contributed by atoms with Crippen molar-refractivity contribution in [2.24, 2.45) is 0 Å². The molecular weight excluding hydrogens is 430 g/mol. The van der Waals surface area contributed by atoms with E-state index in [9.17, 15) is 14.7 Å². The lowest BCUT2D eigenvalue weighted by Gasteiger charge is -2.25. The molecule has 0 radical (unpaired) electrons. The summed E-state index contributed by atoms with van der Waals surface area (Å²) in [5, 5.41) is 11.3. The number of ether oxygens (including phenoxy) is 2. The van der Waals surface area contributed by atoms with Crippen LogP contribution in [0.2, 0.25) is 0 Å². The van der Waals surface area contributed by atoms with Crippen molar-refractivity contribution in [3.05, 3.63) is 101 Å². The van der Waals surface area contributed by atoms with E-state index in [1.54, 1.807) is 36.4 Å². The lowest BCUT2D eigenvalue weighted by molar-refractivity contribution is -0.140. The van der Waals surface area contributed by atoms with Crippen LogP contribution in [-0.4, -0.2) is 34.9 Å². The maximum Gasteiger partial charge on any atom is 0.295 e. The minimum atomic E-state index is -0.744. The minimum Gasteiger partial charge on any atom is -0.507 e. The highest BCUT2D eigenvalue weighted by Crippen LogP contribution is 2.41. The zero-order valence-electron chi connectivity index (χ0n) is 19.2. The number of benzene rings is 3. The SMILES string of the molecule is CCOc1ccc(C2C(=C(O)c3cccc(OCC)c3)C(=O)C(=O)N2Cc2ccccc2)cc1. The number of hydrogen-bond acceptors (Lipinski definition) is 5. The van der Waals surface area contributed by atoms with Crippen LogP contribution in [0, 0.1) is 0 Å². The van der Waals surface area contributed by atoms with E-state index in [-0.39, 0.29) is 17.9 Å². The largest absolute Gasteiger partial charge is 0.507 e. The summed E-state index contributed by atoms with van der Waals surface area (Å²) in [6.07, 6.45) is 0. The van der Waals surface area contributed by atoms with E-state index in [2.05, 4.69) is 0 Å². The van der Waals surface area contributed by atoms with Crippen molar-refractivity contribution >= 4 is 17.4 Å². The first-order valence-corrected chi connectivity index (χ1v) is 11.3. The highest BCUT2D eigenvalue weighted by atomic mass is 16.5. The summed E-state index contributed by atoms with van der Waals surface area (Å²) in [7, 11) is 0. The summed E-state index contributed by atoms with van der Waals surface area (Å²) in [4.78, 5) is 27.9. The number of aliphatic hydroxyl groups excluding tert-OH is 1. The monoisotopic (exact) mass is 457 g/mol. The number of amides is 1. The minimum absolute atomic E-state index is 0.0544. The molecule has 34 heavy (non-hydrogen) atoms. The number of rotatable bonds is 8. The third kappa shape index (κ3) is 4.66. The van der Waals surface area contributed by atoms with Crippen molar-refractivity contribution < 1.29 is 24.2 Å². The van der Waals surface area contributed by atoms with Crippen molar-refractivity contribution in [3.63, 3.8) is 0 Å². The second-order valence-corrected chi connectivity index (χ2v) is 7.88. The first-order chi connectivity index (χ1) is 16.5. The molecule has 1 aliphatic heterocycles. The highest BCUT2D eigenvalue weighted by molar-refractivity contribution is 6.46. The molecule has 1 atom stereocenters. The summed E-state index contributed by atoms with van der Waals surface area (Å²) < 4.78 is 11.1. The van der Waals surface area contributed by atoms with Crippen molar-refractivity contribution in [1.29, 1.82) is 0 Å². The topological polar surface area (TPSA) is 76.1 Å². The molecule has 3 aromatic carbocycles. The van der Waals surface area contributed by atoms with Crippen LogP contribution in [-0.2, 0) is 16.1 Å². The van der Waals surface area contributed by atoms with Crippen LogP contribution in [0.1, 0.15) is 36.6 Å². The smallest absolute Gasteiger partial charge is 0.295 e. The van der Waals surface area contributed by atoms with Crippen molar-refractivity contribution in [2.45, 2.75) is 26.4 Å². The Balaban J connectivity index is 1.82. The lowest BCUT2D eigenvalue weighted by atomic mass is 9.95. The summed E-state index contributed by atoms with van der Waals surface area (Å²) in [5.74, 6) is -0.327. The van der Waals surface area contributed by atoms with Gasteiger partial charge in [-0.3, -0.25) is 9.59 Å². The van der Waals surface area contributed by atoms with E-state index in [0.29, 0.717) is 35.8 Å². The van der Waals surface area contributed by atoms with Crippen LogP contribution >= 0.6 is 0 Å². The van der Waals surface area contributed by atoms with Crippen LogP contribution in [0.4, 0.5) is 0 Å². The number of hydrogen-bond donors (Lipinski definition) is 1. The number of Topliss-reactive ketones (excluding diaryl/α,β-unsaturated/α-hetero) is 1. The number of likely N-dealkylation sites (tertiary alicyclic amines) is 1. The summed E-state index contributed by atoms with van der Waals surface area (Å²) in [6.45, 7) is 5.01. The molecule has 174 valence electrons. The number of ketones is 1. The first kappa shape index (κ1) is 23.1. The molecule has 0 aromatic heterocycles. The molecule has 1 unspecified atom stereocenters. The number of carbonyl (C=O) groups is 2. The molecule has 0 spiro atoms. The Morgan fingerprint density at radius 2 is 1.53 bits per heavy atom. The second kappa shape index (κ2) is 10.3. The normalized spacial score (nSPS) is 17.1. The molecule has 6 heteroatoms. The van der Waals surface area contributed by atoms with Gasteiger partial charge >= 0.3 is 0 Å². The predicted octanol–water partition coefficient (Wildman–Crippen LogP) is 5.11. The predicted molar refractivity (Wildman–Crippen MR) is 130 cm³/mol. The van der Waals surface area contributed by atoms with E-state index >= 15 is 0 Å². The van der Waals surface area contributed by atoms with Crippen molar-refractivity contribution in [2.75, 3.05) is 13.2 Å². The zero-order valence-corrected chi connectivity index (χ0v) is 19.2. The molecule has 1 N–H and O–H groups in total. The maximum absolute atomic E-state index is 13.2. The van der Waals surface area contributed by atoms with Gasteiger partial charge in [-0.1, -0.05) is 54.6 Å². The highest BCUT2D eigenvalue weighted by Gasteiger charge is 2.46. The third-order valence-electron chi connectivity index (χ3n) is 5.66. The lowest BCUT2D eigenvalue weighted by Crippen LogP contribution is -2.29. The Morgan fingerprint density at radius 3 is 2.21 bits per heavy atom. The number of aliphatic hydroxyl groups is 1. The molecule has 0 saturated carbocycles. The van der Waals surface area contributed by atoms with Crippen molar-refractivity contribution in [1.82, 2.24) is 4.90 Å². The van der Waals surface area contributed by atoms with Gasteiger partial charge in [0.1, 0.15) is 17.3 Å². The quantitative estimate of drug-likeness (QED) is 0.289. The fraction of sp³-hybridized carbons (Fsp3) is 0.214. The summed E-state index contributed by atoms with van der Waals surface area (Å²) in [6, 6.07) is 22.9. The molecule has 4 rings (SSSR count). The van der Waals surface area contributed by atoms with Gasteiger partial charge < -0.3 is 19.5 Å². The molecular formula is C28H27NO5. The Kier molecular flexibility index (Phi) is 6.97. The Morgan fingerprint density at radius 1 is 0.853 bits per heavy atom. The van der Waals surface area contributed by atoms with Gasteiger partial charge in [-0.2, -0.15) is 0 Å². The molecule has 1 saturated heterocycles. The van der Waals surface area contributed by atoms with Crippen LogP contribution in [0.5, 0.6) is 11.5 Å². The molecule has 6 nitrogen and oxygen atoms in total. The van der Waals surface area contributed by atoms with Gasteiger partial charge in [0.25, 0.3) is 11.7 Å². The average molecular weight is 458 g/mol. The molecule has 3 aromatic rings. The van der Waals surface area contributed by atoms with Crippen LogP contribution in [0.25, 0.3) is 5.76 Å².